The summed E-state index contributed by atoms with van der Waals surface area (Å²) in [4.78, 5) is 3.37. The van der Waals surface area contributed by atoms with E-state index >= 15 is 0 Å². The summed E-state index contributed by atoms with van der Waals surface area (Å²) in [6.07, 6.45) is -0.734. The van der Waals surface area contributed by atoms with Crippen LogP contribution in [0.4, 0.5) is 0 Å². The molecule has 186 valence electrons. The number of ether oxygens (including phenoxy) is 3. The molecule has 3 aromatic carbocycles. The molecule has 0 bridgehead atoms. The van der Waals surface area contributed by atoms with Gasteiger partial charge in [0.1, 0.15) is 30.8 Å². The Balaban J connectivity index is 1.24. The Hall–Kier alpha value is -3.51. The minimum absolute atomic E-state index is 0.110. The number of aromatic amines is 1. The van der Waals surface area contributed by atoms with E-state index in [-0.39, 0.29) is 24.7 Å². The molecule has 0 unspecified atom stereocenters. The molecule has 1 heterocycles. The second-order valence-electron chi connectivity index (χ2n) is 7.69. The molecule has 0 saturated heterocycles. The number of aliphatic hydroxyl groups excluding tert-OH is 1. The van der Waals surface area contributed by atoms with Crippen molar-refractivity contribution in [3.8, 4) is 23.0 Å². The number of rotatable bonds is 12. The maximum absolute atomic E-state index is 10.8. The SMILES string of the molecule is COc1cc(OS(=O)(=O)O)ccc1OCCNC[C@@H](O)COc1cccc2[nH]c3ccccc3c12. The first-order chi connectivity index (χ1) is 16.8. The van der Waals surface area contributed by atoms with Gasteiger partial charge in [-0.15, -0.1) is 0 Å². The lowest BCUT2D eigenvalue weighted by Crippen LogP contribution is -2.33. The number of fused-ring (bicyclic) bond motifs is 3. The number of hydrogen-bond donors (Lipinski definition) is 4. The second-order valence-corrected chi connectivity index (χ2v) is 8.71. The molecule has 4 N–H and O–H groups in total. The van der Waals surface area contributed by atoms with Crippen LogP contribution >= 0.6 is 0 Å². The van der Waals surface area contributed by atoms with Gasteiger partial charge in [-0.25, -0.2) is 0 Å². The molecule has 0 spiro atoms. The summed E-state index contributed by atoms with van der Waals surface area (Å²) < 4.78 is 51.5. The fraction of sp³-hybridized carbons (Fsp3) is 0.250. The fourth-order valence-corrected chi connectivity index (χ4v) is 4.02. The summed E-state index contributed by atoms with van der Waals surface area (Å²) in [5.74, 6) is 1.20. The molecular weight excluding hydrogens is 476 g/mol. The third-order valence-electron chi connectivity index (χ3n) is 5.18. The summed E-state index contributed by atoms with van der Waals surface area (Å²) in [5, 5.41) is 15.5. The molecule has 0 saturated carbocycles. The molecule has 11 heteroatoms. The van der Waals surface area contributed by atoms with E-state index in [1.807, 2.05) is 42.5 Å². The van der Waals surface area contributed by atoms with Gasteiger partial charge in [0.15, 0.2) is 11.5 Å². The van der Waals surface area contributed by atoms with E-state index in [0.29, 0.717) is 24.6 Å². The number of para-hydroxylation sites is 1. The van der Waals surface area contributed by atoms with Crippen LogP contribution < -0.4 is 23.7 Å². The lowest BCUT2D eigenvalue weighted by molar-refractivity contribution is 0.106. The molecule has 10 nitrogen and oxygen atoms in total. The van der Waals surface area contributed by atoms with E-state index in [9.17, 15) is 13.5 Å². The summed E-state index contributed by atoms with van der Waals surface area (Å²) in [7, 11) is -3.24. The van der Waals surface area contributed by atoms with Crippen molar-refractivity contribution in [1.82, 2.24) is 10.3 Å². The molecule has 0 fully saturated rings. The zero-order valence-corrected chi connectivity index (χ0v) is 19.7. The van der Waals surface area contributed by atoms with Gasteiger partial charge in [-0.1, -0.05) is 24.3 Å². The number of aliphatic hydroxyl groups is 1. The van der Waals surface area contributed by atoms with Crippen LogP contribution in [0.25, 0.3) is 21.8 Å². The topological polar surface area (TPSA) is 139 Å². The number of aromatic nitrogens is 1. The quantitative estimate of drug-likeness (QED) is 0.170. The number of methoxy groups -OCH3 is 1. The van der Waals surface area contributed by atoms with Crippen LogP contribution in [0.5, 0.6) is 23.0 Å². The summed E-state index contributed by atoms with van der Waals surface area (Å²) >= 11 is 0. The Morgan fingerprint density at radius 1 is 0.971 bits per heavy atom. The molecule has 0 radical (unpaired) electrons. The molecule has 35 heavy (non-hydrogen) atoms. The van der Waals surface area contributed by atoms with Crippen molar-refractivity contribution in [2.75, 3.05) is 33.4 Å². The van der Waals surface area contributed by atoms with Gasteiger partial charge in [0, 0.05) is 35.4 Å². The number of H-pyrrole nitrogens is 1. The maximum Gasteiger partial charge on any atom is 0.446 e. The summed E-state index contributed by atoms with van der Waals surface area (Å²) in [6.45, 7) is 1.11. The zero-order valence-electron chi connectivity index (χ0n) is 18.9. The van der Waals surface area contributed by atoms with E-state index < -0.39 is 16.5 Å². The van der Waals surface area contributed by atoms with Crippen LogP contribution in [0, 0.1) is 0 Å². The van der Waals surface area contributed by atoms with Gasteiger partial charge < -0.3 is 33.8 Å². The van der Waals surface area contributed by atoms with E-state index in [4.69, 9.17) is 18.8 Å². The van der Waals surface area contributed by atoms with Crippen molar-refractivity contribution in [3.05, 3.63) is 60.7 Å². The summed E-state index contributed by atoms with van der Waals surface area (Å²) in [5.41, 5.74) is 2.00. The van der Waals surface area contributed by atoms with Gasteiger partial charge in [-0.2, -0.15) is 8.42 Å². The molecule has 0 aliphatic carbocycles. The van der Waals surface area contributed by atoms with Crippen molar-refractivity contribution >= 4 is 32.2 Å². The molecule has 1 aromatic heterocycles. The lowest BCUT2D eigenvalue weighted by Gasteiger charge is -2.15. The smallest absolute Gasteiger partial charge is 0.446 e. The van der Waals surface area contributed by atoms with Gasteiger partial charge in [0.2, 0.25) is 0 Å². The van der Waals surface area contributed by atoms with Crippen LogP contribution in [-0.4, -0.2) is 62.6 Å². The molecule has 4 aromatic rings. The van der Waals surface area contributed by atoms with Gasteiger partial charge >= 0.3 is 10.4 Å². The highest BCUT2D eigenvalue weighted by molar-refractivity contribution is 7.81. The highest BCUT2D eigenvalue weighted by Gasteiger charge is 2.13. The predicted molar refractivity (Wildman–Crippen MR) is 131 cm³/mol. The Morgan fingerprint density at radius 2 is 1.77 bits per heavy atom. The normalized spacial score (nSPS) is 12.5. The second kappa shape index (κ2) is 10.8. The molecule has 4 rings (SSSR count). The van der Waals surface area contributed by atoms with Gasteiger partial charge in [-0.3, -0.25) is 4.55 Å². The molecule has 0 aliphatic rings. The van der Waals surface area contributed by atoms with Crippen molar-refractivity contribution in [2.24, 2.45) is 0 Å². The predicted octanol–water partition coefficient (Wildman–Crippen LogP) is 2.92. The molecule has 1 atom stereocenters. The zero-order chi connectivity index (χ0) is 24.8. The summed E-state index contributed by atoms with van der Waals surface area (Å²) in [6, 6.07) is 17.9. The van der Waals surface area contributed by atoms with Crippen LogP contribution in [0.3, 0.4) is 0 Å². The third-order valence-corrected chi connectivity index (χ3v) is 5.58. The minimum Gasteiger partial charge on any atom is -0.493 e. The Kier molecular flexibility index (Phi) is 7.61. The average Bonchev–Trinajstić information content (AvgIpc) is 3.21. The van der Waals surface area contributed by atoms with Crippen molar-refractivity contribution in [2.45, 2.75) is 6.10 Å². The van der Waals surface area contributed by atoms with E-state index in [1.54, 1.807) is 0 Å². The lowest BCUT2D eigenvalue weighted by atomic mass is 10.1. The number of hydrogen-bond acceptors (Lipinski definition) is 8. The van der Waals surface area contributed by atoms with Crippen LogP contribution in [0.2, 0.25) is 0 Å². The van der Waals surface area contributed by atoms with E-state index in [0.717, 1.165) is 21.8 Å². The van der Waals surface area contributed by atoms with Crippen LogP contribution in [0.15, 0.2) is 60.7 Å². The first-order valence-corrected chi connectivity index (χ1v) is 12.2. The highest BCUT2D eigenvalue weighted by atomic mass is 32.3. The van der Waals surface area contributed by atoms with Crippen molar-refractivity contribution < 1.29 is 36.5 Å². The van der Waals surface area contributed by atoms with Gasteiger partial charge in [0.05, 0.1) is 12.6 Å². The third kappa shape index (κ3) is 6.34. The van der Waals surface area contributed by atoms with Crippen LogP contribution in [-0.2, 0) is 10.4 Å². The minimum atomic E-state index is -4.63. The van der Waals surface area contributed by atoms with Crippen molar-refractivity contribution in [1.29, 1.82) is 0 Å². The molecule has 0 aliphatic heterocycles. The number of nitrogens with one attached hydrogen (secondary N) is 2. The first kappa shape index (κ1) is 24.6. The monoisotopic (exact) mass is 502 g/mol. The van der Waals surface area contributed by atoms with Crippen molar-refractivity contribution in [3.63, 3.8) is 0 Å². The number of benzene rings is 3. The van der Waals surface area contributed by atoms with Gasteiger partial charge in [-0.05, 0) is 30.3 Å². The van der Waals surface area contributed by atoms with E-state index in [1.165, 1.54) is 25.3 Å². The van der Waals surface area contributed by atoms with Gasteiger partial charge in [0.25, 0.3) is 0 Å². The maximum atomic E-state index is 10.8. The Morgan fingerprint density at radius 3 is 2.57 bits per heavy atom. The Bertz CT molecular complexity index is 1400. The highest BCUT2D eigenvalue weighted by Crippen LogP contribution is 2.33. The molecular formula is C24H26N2O8S. The first-order valence-electron chi connectivity index (χ1n) is 10.8. The standard InChI is InChI=1S/C24H26N2O8S/c1-31-23-13-17(34-35(28,29)30)9-10-21(23)32-12-11-25-14-16(27)15-33-22-8-4-7-20-24(22)18-5-2-3-6-19(18)26-20/h2-10,13,16,25-27H,11-12,14-15H2,1H3,(H,28,29,30)/t16-/m1/s1. The molecule has 0 amide bonds. The van der Waals surface area contributed by atoms with Crippen LogP contribution in [0.1, 0.15) is 0 Å². The largest absolute Gasteiger partial charge is 0.493 e. The Labute approximate surface area is 202 Å². The average molecular weight is 503 g/mol. The van der Waals surface area contributed by atoms with E-state index in [2.05, 4.69) is 14.5 Å². The fourth-order valence-electron chi connectivity index (χ4n) is 3.68.